The van der Waals surface area contributed by atoms with Crippen molar-refractivity contribution < 1.29 is 19.0 Å². The zero-order valence-corrected chi connectivity index (χ0v) is 16.2. The maximum absolute atomic E-state index is 12.3. The first-order chi connectivity index (χ1) is 13.7. The lowest BCUT2D eigenvalue weighted by molar-refractivity contribution is -0.116. The van der Waals surface area contributed by atoms with E-state index >= 15 is 0 Å². The number of carbonyl (C=O) groups is 1. The van der Waals surface area contributed by atoms with E-state index in [0.29, 0.717) is 23.8 Å². The standard InChI is InChI=1S/C23H23NO4/c1-26-20-13-16(14-21(27-2)23(20)28-3)15-24-22(25)12-11-18-9-6-8-17-7-4-5-10-19(17)18/h4-14H,15H2,1-3H3,(H,24,25)/b12-11+. The molecule has 1 N–H and O–H groups in total. The third-order valence-corrected chi connectivity index (χ3v) is 4.43. The summed E-state index contributed by atoms with van der Waals surface area (Å²) >= 11 is 0. The van der Waals surface area contributed by atoms with Gasteiger partial charge in [0, 0.05) is 12.6 Å². The molecule has 0 aliphatic rings. The third kappa shape index (κ3) is 4.26. The van der Waals surface area contributed by atoms with E-state index < -0.39 is 0 Å². The zero-order chi connectivity index (χ0) is 19.9. The number of ether oxygens (including phenoxy) is 3. The Morgan fingerprint density at radius 3 is 2.29 bits per heavy atom. The second kappa shape index (κ2) is 8.95. The van der Waals surface area contributed by atoms with Crippen LogP contribution in [0.2, 0.25) is 0 Å². The van der Waals surface area contributed by atoms with Crippen molar-refractivity contribution in [3.63, 3.8) is 0 Å². The molecule has 0 aliphatic carbocycles. The van der Waals surface area contributed by atoms with Crippen LogP contribution in [-0.2, 0) is 11.3 Å². The summed E-state index contributed by atoms with van der Waals surface area (Å²) < 4.78 is 16.0. The van der Waals surface area contributed by atoms with Gasteiger partial charge in [0.05, 0.1) is 21.3 Å². The molecule has 5 heteroatoms. The van der Waals surface area contributed by atoms with Crippen LogP contribution in [0.5, 0.6) is 17.2 Å². The number of benzene rings is 3. The van der Waals surface area contributed by atoms with Crippen molar-refractivity contribution in [2.75, 3.05) is 21.3 Å². The highest BCUT2D eigenvalue weighted by atomic mass is 16.5. The predicted octanol–water partition coefficient (Wildman–Crippen LogP) is 4.20. The van der Waals surface area contributed by atoms with Gasteiger partial charge >= 0.3 is 0 Å². The van der Waals surface area contributed by atoms with E-state index in [1.807, 2.05) is 48.5 Å². The highest BCUT2D eigenvalue weighted by Gasteiger charge is 2.13. The molecule has 0 aliphatic heterocycles. The summed E-state index contributed by atoms with van der Waals surface area (Å²) in [6.07, 6.45) is 3.37. The number of fused-ring (bicyclic) bond motifs is 1. The van der Waals surface area contributed by atoms with Crippen LogP contribution in [-0.4, -0.2) is 27.2 Å². The fourth-order valence-corrected chi connectivity index (χ4v) is 3.05. The number of nitrogens with one attached hydrogen (secondary N) is 1. The van der Waals surface area contributed by atoms with Crippen LogP contribution in [0.4, 0.5) is 0 Å². The number of hydrogen-bond acceptors (Lipinski definition) is 4. The Labute approximate surface area is 164 Å². The molecule has 0 heterocycles. The average Bonchev–Trinajstić information content (AvgIpc) is 2.75. The molecule has 0 unspecified atom stereocenters. The molecule has 3 aromatic carbocycles. The molecule has 3 rings (SSSR count). The maximum Gasteiger partial charge on any atom is 0.244 e. The zero-order valence-electron chi connectivity index (χ0n) is 16.2. The van der Waals surface area contributed by atoms with E-state index in [-0.39, 0.29) is 5.91 Å². The molecular formula is C23H23NO4. The van der Waals surface area contributed by atoms with Gasteiger partial charge in [-0.2, -0.15) is 0 Å². The Kier molecular flexibility index (Phi) is 6.17. The van der Waals surface area contributed by atoms with Crippen LogP contribution in [0.15, 0.2) is 60.7 Å². The van der Waals surface area contributed by atoms with E-state index in [4.69, 9.17) is 14.2 Å². The number of rotatable bonds is 7. The van der Waals surface area contributed by atoms with Crippen molar-refractivity contribution >= 4 is 22.8 Å². The monoisotopic (exact) mass is 377 g/mol. The summed E-state index contributed by atoms with van der Waals surface area (Å²) in [5.74, 6) is 1.45. The van der Waals surface area contributed by atoms with E-state index in [0.717, 1.165) is 21.9 Å². The quantitative estimate of drug-likeness (QED) is 0.627. The second-order valence-electron chi connectivity index (χ2n) is 6.15. The number of methoxy groups -OCH3 is 3. The summed E-state index contributed by atoms with van der Waals surface area (Å²) in [4.78, 5) is 12.3. The molecular weight excluding hydrogens is 354 g/mol. The van der Waals surface area contributed by atoms with Gasteiger partial charge in [0.15, 0.2) is 11.5 Å². The van der Waals surface area contributed by atoms with Gasteiger partial charge in [-0.15, -0.1) is 0 Å². The van der Waals surface area contributed by atoms with Crippen molar-refractivity contribution in [3.05, 3.63) is 71.8 Å². The Morgan fingerprint density at radius 2 is 1.61 bits per heavy atom. The maximum atomic E-state index is 12.3. The first-order valence-corrected chi connectivity index (χ1v) is 8.89. The van der Waals surface area contributed by atoms with Crippen molar-refractivity contribution in [1.82, 2.24) is 5.32 Å². The van der Waals surface area contributed by atoms with Gasteiger partial charge in [-0.1, -0.05) is 42.5 Å². The van der Waals surface area contributed by atoms with Gasteiger partial charge in [-0.25, -0.2) is 0 Å². The van der Waals surface area contributed by atoms with E-state index in [1.165, 1.54) is 0 Å². The van der Waals surface area contributed by atoms with Crippen LogP contribution in [0.1, 0.15) is 11.1 Å². The predicted molar refractivity (Wildman–Crippen MR) is 111 cm³/mol. The third-order valence-electron chi connectivity index (χ3n) is 4.43. The van der Waals surface area contributed by atoms with Gasteiger partial charge in [0.25, 0.3) is 0 Å². The van der Waals surface area contributed by atoms with Crippen LogP contribution >= 0.6 is 0 Å². The highest BCUT2D eigenvalue weighted by molar-refractivity contribution is 5.96. The van der Waals surface area contributed by atoms with E-state index in [9.17, 15) is 4.79 Å². The minimum atomic E-state index is -0.179. The Morgan fingerprint density at radius 1 is 0.929 bits per heavy atom. The Balaban J connectivity index is 1.71. The second-order valence-corrected chi connectivity index (χ2v) is 6.15. The molecule has 3 aromatic rings. The van der Waals surface area contributed by atoms with Crippen molar-refractivity contribution in [2.45, 2.75) is 6.54 Å². The smallest absolute Gasteiger partial charge is 0.244 e. The van der Waals surface area contributed by atoms with Crippen molar-refractivity contribution in [3.8, 4) is 17.2 Å². The average molecular weight is 377 g/mol. The number of amides is 1. The van der Waals surface area contributed by atoms with Gasteiger partial charge in [0.1, 0.15) is 0 Å². The van der Waals surface area contributed by atoms with Crippen LogP contribution in [0.25, 0.3) is 16.8 Å². The fourth-order valence-electron chi connectivity index (χ4n) is 3.05. The summed E-state index contributed by atoms with van der Waals surface area (Å²) in [5.41, 5.74) is 1.85. The number of hydrogen-bond donors (Lipinski definition) is 1. The van der Waals surface area contributed by atoms with Crippen molar-refractivity contribution in [1.29, 1.82) is 0 Å². The van der Waals surface area contributed by atoms with Crippen LogP contribution in [0.3, 0.4) is 0 Å². The molecule has 0 radical (unpaired) electrons. The van der Waals surface area contributed by atoms with Gasteiger partial charge in [-0.3, -0.25) is 4.79 Å². The Bertz CT molecular complexity index is 980. The molecule has 0 bridgehead atoms. The lowest BCUT2D eigenvalue weighted by Gasteiger charge is -2.14. The largest absolute Gasteiger partial charge is 0.493 e. The molecule has 0 aromatic heterocycles. The molecule has 144 valence electrons. The molecule has 0 fully saturated rings. The molecule has 0 spiro atoms. The first-order valence-electron chi connectivity index (χ1n) is 8.89. The number of carbonyl (C=O) groups excluding carboxylic acids is 1. The molecule has 0 saturated carbocycles. The van der Waals surface area contributed by atoms with E-state index in [1.54, 1.807) is 27.4 Å². The molecule has 0 saturated heterocycles. The summed E-state index contributed by atoms with van der Waals surface area (Å²) in [6, 6.07) is 17.7. The minimum absolute atomic E-state index is 0.179. The minimum Gasteiger partial charge on any atom is -0.493 e. The molecule has 0 atom stereocenters. The molecule has 5 nitrogen and oxygen atoms in total. The lowest BCUT2D eigenvalue weighted by Crippen LogP contribution is -2.20. The first kappa shape index (κ1) is 19.3. The van der Waals surface area contributed by atoms with Crippen LogP contribution < -0.4 is 19.5 Å². The normalized spacial score (nSPS) is 10.8. The Hall–Kier alpha value is -3.47. The van der Waals surface area contributed by atoms with Crippen molar-refractivity contribution in [2.24, 2.45) is 0 Å². The summed E-state index contributed by atoms with van der Waals surface area (Å²) in [6.45, 7) is 0.343. The highest BCUT2D eigenvalue weighted by Crippen LogP contribution is 2.38. The van der Waals surface area contributed by atoms with Crippen LogP contribution in [0, 0.1) is 0 Å². The molecule has 1 amide bonds. The van der Waals surface area contributed by atoms with Gasteiger partial charge < -0.3 is 19.5 Å². The van der Waals surface area contributed by atoms with Gasteiger partial charge in [-0.05, 0) is 40.1 Å². The fraction of sp³-hybridized carbons (Fsp3) is 0.174. The summed E-state index contributed by atoms with van der Waals surface area (Å²) in [5, 5.41) is 5.13. The van der Waals surface area contributed by atoms with Gasteiger partial charge in [0.2, 0.25) is 11.7 Å². The lowest BCUT2D eigenvalue weighted by atomic mass is 10.0. The molecule has 28 heavy (non-hydrogen) atoms. The SMILES string of the molecule is COc1cc(CNC(=O)/C=C/c2cccc3ccccc23)cc(OC)c1OC. The topological polar surface area (TPSA) is 56.8 Å². The van der Waals surface area contributed by atoms with E-state index in [2.05, 4.69) is 17.4 Å². The summed E-state index contributed by atoms with van der Waals surface area (Å²) in [7, 11) is 4.68.